The fourth-order valence-electron chi connectivity index (χ4n) is 9.25. The van der Waals surface area contributed by atoms with Gasteiger partial charge in [-0.3, -0.25) is 14.4 Å². The molecule has 1 aliphatic rings. The van der Waals surface area contributed by atoms with Crippen LogP contribution in [0.15, 0.2) is 60.8 Å². The van der Waals surface area contributed by atoms with Gasteiger partial charge < -0.3 is 39.0 Å². The summed E-state index contributed by atoms with van der Waals surface area (Å²) < 4.78 is 28.4. The van der Waals surface area contributed by atoms with E-state index in [0.717, 1.165) is 96.3 Å². The van der Waals surface area contributed by atoms with Crippen LogP contribution < -0.4 is 0 Å². The van der Waals surface area contributed by atoms with Gasteiger partial charge in [0.05, 0.1) is 6.61 Å². The lowest BCUT2D eigenvalue weighted by Gasteiger charge is -2.40. The van der Waals surface area contributed by atoms with Crippen LogP contribution in [0.25, 0.3) is 0 Å². The van der Waals surface area contributed by atoms with Gasteiger partial charge in [0.2, 0.25) is 0 Å². The van der Waals surface area contributed by atoms with Crippen molar-refractivity contribution in [2.24, 2.45) is 0 Å². The summed E-state index contributed by atoms with van der Waals surface area (Å²) in [6, 6.07) is 0. The van der Waals surface area contributed by atoms with E-state index in [9.17, 15) is 34.5 Å². The molecule has 1 aliphatic heterocycles. The second-order valence-corrected chi connectivity index (χ2v) is 21.3. The molecule has 0 saturated carbocycles. The third-order valence-corrected chi connectivity index (χ3v) is 14.0. The molecule has 0 aliphatic carbocycles. The number of carboxylic acids is 1. The molecule has 444 valence electrons. The Bertz CT molecular complexity index is 1570. The van der Waals surface area contributed by atoms with Gasteiger partial charge in [-0.25, -0.2) is 4.79 Å². The molecule has 0 aromatic carbocycles. The van der Waals surface area contributed by atoms with Gasteiger partial charge in [-0.15, -0.1) is 0 Å². The van der Waals surface area contributed by atoms with Gasteiger partial charge in [-0.2, -0.15) is 0 Å². The summed E-state index contributed by atoms with van der Waals surface area (Å²) in [7, 11) is 0. The van der Waals surface area contributed by atoms with Crippen LogP contribution in [0, 0.1) is 0 Å². The molecule has 1 rings (SSSR count). The molecule has 0 bridgehead atoms. The number of aliphatic carboxylic acids is 1. The summed E-state index contributed by atoms with van der Waals surface area (Å²) in [5.41, 5.74) is 0. The third-order valence-electron chi connectivity index (χ3n) is 14.0. The molecule has 77 heavy (non-hydrogen) atoms. The number of allylic oxidation sites excluding steroid dienone is 10. The number of aliphatic hydroxyl groups excluding tert-OH is 2. The molecule has 1 saturated heterocycles. The average molecular weight is 1090 g/mol. The SMILES string of the molecule is CC/C=C\C/C=C\C/C=C\CCCCCC(=O)OC1C(OCC(COC(=O)CCCCCCCCCCC/C=C\CCCCCCCC)OC(=O)CCCCCCC/C=C\CCCCCCCC)OC(C(=O)O)C(O)C1O. The quantitative estimate of drug-likeness (QED) is 0.0228. The summed E-state index contributed by atoms with van der Waals surface area (Å²) in [5.74, 6) is -3.16. The fourth-order valence-corrected chi connectivity index (χ4v) is 9.25. The van der Waals surface area contributed by atoms with E-state index in [2.05, 4.69) is 81.5 Å². The number of unbranched alkanes of at least 4 members (excludes halogenated alkanes) is 29. The van der Waals surface area contributed by atoms with Crippen molar-refractivity contribution < 1.29 is 58.2 Å². The smallest absolute Gasteiger partial charge is 0.335 e. The zero-order valence-electron chi connectivity index (χ0n) is 49.0. The summed E-state index contributed by atoms with van der Waals surface area (Å²) in [6.07, 6.45) is 53.3. The molecule has 1 fully saturated rings. The van der Waals surface area contributed by atoms with Crippen molar-refractivity contribution in [3.8, 4) is 0 Å². The Labute approximate surface area is 468 Å². The van der Waals surface area contributed by atoms with E-state index in [1.807, 2.05) is 0 Å². The van der Waals surface area contributed by atoms with Crippen LogP contribution in [0.4, 0.5) is 0 Å². The molecule has 12 nitrogen and oxygen atoms in total. The largest absolute Gasteiger partial charge is 0.479 e. The lowest BCUT2D eigenvalue weighted by atomic mass is 9.98. The zero-order valence-corrected chi connectivity index (χ0v) is 49.0. The zero-order chi connectivity index (χ0) is 56.1. The van der Waals surface area contributed by atoms with Crippen molar-refractivity contribution in [3.05, 3.63) is 60.8 Å². The molecule has 0 radical (unpaired) electrons. The number of carboxylic acid groups (broad SMARTS) is 1. The van der Waals surface area contributed by atoms with Crippen molar-refractivity contribution in [2.45, 2.75) is 314 Å². The first-order valence-corrected chi connectivity index (χ1v) is 31.3. The van der Waals surface area contributed by atoms with Gasteiger partial charge in [0, 0.05) is 19.3 Å². The van der Waals surface area contributed by atoms with Gasteiger partial charge in [0.15, 0.2) is 24.6 Å². The molecule has 1 heterocycles. The normalized spacial score (nSPS) is 18.4. The molecule has 0 spiro atoms. The summed E-state index contributed by atoms with van der Waals surface area (Å²) in [6.45, 7) is 5.87. The Morgan fingerprint density at radius 1 is 0.442 bits per heavy atom. The highest BCUT2D eigenvalue weighted by Crippen LogP contribution is 2.26. The number of carbonyl (C=O) groups excluding carboxylic acids is 3. The van der Waals surface area contributed by atoms with Gasteiger partial charge in [-0.1, -0.05) is 216 Å². The maximum atomic E-state index is 13.2. The maximum Gasteiger partial charge on any atom is 0.335 e. The highest BCUT2D eigenvalue weighted by atomic mass is 16.7. The highest BCUT2D eigenvalue weighted by Gasteiger charge is 2.50. The lowest BCUT2D eigenvalue weighted by Crippen LogP contribution is -2.61. The minimum atomic E-state index is -1.91. The van der Waals surface area contributed by atoms with E-state index in [-0.39, 0.29) is 25.9 Å². The van der Waals surface area contributed by atoms with E-state index in [4.69, 9.17) is 23.7 Å². The predicted molar refractivity (Wildman–Crippen MR) is 312 cm³/mol. The van der Waals surface area contributed by atoms with Crippen molar-refractivity contribution in [3.63, 3.8) is 0 Å². The second kappa shape index (κ2) is 53.1. The van der Waals surface area contributed by atoms with Crippen LogP contribution in [-0.4, -0.2) is 89.2 Å². The van der Waals surface area contributed by atoms with Crippen LogP contribution in [0.1, 0.15) is 278 Å². The molecule has 12 heteroatoms. The van der Waals surface area contributed by atoms with Gasteiger partial charge in [0.1, 0.15) is 18.8 Å². The molecular formula is C65H112O12. The summed E-state index contributed by atoms with van der Waals surface area (Å²) in [5, 5.41) is 31.5. The number of hydrogen-bond acceptors (Lipinski definition) is 11. The monoisotopic (exact) mass is 1080 g/mol. The molecule has 0 amide bonds. The predicted octanol–water partition coefficient (Wildman–Crippen LogP) is 16.3. The first-order chi connectivity index (χ1) is 37.6. The number of esters is 3. The van der Waals surface area contributed by atoms with E-state index < -0.39 is 67.3 Å². The first-order valence-electron chi connectivity index (χ1n) is 31.3. The van der Waals surface area contributed by atoms with Crippen LogP contribution in [-0.2, 0) is 42.9 Å². The molecule has 0 aromatic rings. The number of carbonyl (C=O) groups is 4. The van der Waals surface area contributed by atoms with Crippen molar-refractivity contribution in [2.75, 3.05) is 13.2 Å². The fraction of sp³-hybridized carbons (Fsp3) is 0.785. The minimum absolute atomic E-state index is 0.0242. The highest BCUT2D eigenvalue weighted by molar-refractivity contribution is 5.74. The van der Waals surface area contributed by atoms with Gasteiger partial charge >= 0.3 is 23.9 Å². The summed E-state index contributed by atoms with van der Waals surface area (Å²) >= 11 is 0. The number of aliphatic hydroxyl groups is 2. The van der Waals surface area contributed by atoms with Gasteiger partial charge in [-0.05, 0) is 103 Å². The van der Waals surface area contributed by atoms with Crippen molar-refractivity contribution >= 4 is 23.9 Å². The van der Waals surface area contributed by atoms with Crippen LogP contribution >= 0.6 is 0 Å². The average Bonchev–Trinajstić information content (AvgIpc) is 3.42. The second-order valence-electron chi connectivity index (χ2n) is 21.3. The Kier molecular flexibility index (Phi) is 49.2. The maximum absolute atomic E-state index is 13.2. The first kappa shape index (κ1) is 71.4. The number of hydrogen-bond donors (Lipinski definition) is 3. The molecule has 6 atom stereocenters. The standard InChI is InChI=1S/C65H112O12/c1-4-7-10-13-16-19-22-25-27-28-29-30-32-34-36-39-42-45-48-51-57(66)73-54-56(75-58(67)52-49-46-43-40-38-35-31-26-23-20-17-14-11-8-5-2)55-74-65-63(61(70)60(69)62(77-65)64(71)72)76-59(68)53-50-47-44-41-37-33-24-21-18-15-12-9-6-3/h9,12,18,21,25-27,31,33,37,56,60-63,65,69-70H,4-8,10-11,13-17,19-20,22-24,28-30,32,34-36,38-55H2,1-3H3,(H,71,72)/b12-9-,21-18-,27-25-,31-26-,37-33-. The Morgan fingerprint density at radius 2 is 0.818 bits per heavy atom. The number of ether oxygens (including phenoxy) is 5. The van der Waals surface area contributed by atoms with E-state index >= 15 is 0 Å². The van der Waals surface area contributed by atoms with E-state index in [1.54, 1.807) is 0 Å². The van der Waals surface area contributed by atoms with Gasteiger partial charge in [0.25, 0.3) is 0 Å². The van der Waals surface area contributed by atoms with Crippen molar-refractivity contribution in [1.29, 1.82) is 0 Å². The minimum Gasteiger partial charge on any atom is -0.479 e. The molecular weight excluding hydrogens is 973 g/mol. The molecule has 0 aromatic heterocycles. The van der Waals surface area contributed by atoms with Crippen molar-refractivity contribution in [1.82, 2.24) is 0 Å². The molecule has 6 unspecified atom stereocenters. The Balaban J connectivity index is 2.67. The van der Waals surface area contributed by atoms with Crippen LogP contribution in [0.3, 0.4) is 0 Å². The van der Waals surface area contributed by atoms with E-state index in [1.165, 1.54) is 122 Å². The Hall–Kier alpha value is -3.58. The van der Waals surface area contributed by atoms with Crippen LogP contribution in [0.5, 0.6) is 0 Å². The molecule has 3 N–H and O–H groups in total. The lowest BCUT2D eigenvalue weighted by molar-refractivity contribution is -0.301. The number of rotatable bonds is 53. The van der Waals surface area contributed by atoms with E-state index in [0.29, 0.717) is 19.3 Å². The van der Waals surface area contributed by atoms with Crippen LogP contribution in [0.2, 0.25) is 0 Å². The third kappa shape index (κ3) is 43.0. The topological polar surface area (TPSA) is 175 Å². The summed E-state index contributed by atoms with van der Waals surface area (Å²) in [4.78, 5) is 51.2. The Morgan fingerprint density at radius 3 is 1.27 bits per heavy atom.